The van der Waals surface area contributed by atoms with E-state index in [4.69, 9.17) is 0 Å². The SMILES string of the molecule is Cc1ccsc1C(=O)NC1CNCCC1c1ccc(F)c(F)c1. The highest BCUT2D eigenvalue weighted by Gasteiger charge is 2.29. The minimum atomic E-state index is -0.850. The van der Waals surface area contributed by atoms with Crippen LogP contribution in [0, 0.1) is 18.6 Å². The van der Waals surface area contributed by atoms with Gasteiger partial charge in [0.15, 0.2) is 11.6 Å². The lowest BCUT2D eigenvalue weighted by Gasteiger charge is -2.33. The third-order valence-electron chi connectivity index (χ3n) is 4.24. The van der Waals surface area contributed by atoms with Gasteiger partial charge in [0.2, 0.25) is 0 Å². The van der Waals surface area contributed by atoms with Crippen molar-refractivity contribution in [1.29, 1.82) is 0 Å². The monoisotopic (exact) mass is 336 g/mol. The van der Waals surface area contributed by atoms with Crippen LogP contribution in [-0.2, 0) is 0 Å². The molecule has 3 rings (SSSR count). The Morgan fingerprint density at radius 2 is 2.13 bits per heavy atom. The van der Waals surface area contributed by atoms with Crippen LogP contribution < -0.4 is 10.6 Å². The number of benzene rings is 1. The minimum Gasteiger partial charge on any atom is -0.347 e. The third kappa shape index (κ3) is 3.43. The number of thiophene rings is 1. The maximum atomic E-state index is 13.5. The first-order valence-corrected chi connectivity index (χ1v) is 8.45. The van der Waals surface area contributed by atoms with Crippen LogP contribution in [0.4, 0.5) is 8.78 Å². The summed E-state index contributed by atoms with van der Waals surface area (Å²) in [7, 11) is 0. The minimum absolute atomic E-state index is 0.0319. The molecule has 1 fully saturated rings. The third-order valence-corrected chi connectivity index (χ3v) is 5.25. The summed E-state index contributed by atoms with van der Waals surface area (Å²) >= 11 is 1.41. The average molecular weight is 336 g/mol. The molecule has 0 saturated carbocycles. The summed E-state index contributed by atoms with van der Waals surface area (Å²) < 4.78 is 26.7. The van der Waals surface area contributed by atoms with Crippen LogP contribution >= 0.6 is 11.3 Å². The van der Waals surface area contributed by atoms with Crippen LogP contribution in [0.25, 0.3) is 0 Å². The number of hydrogen-bond acceptors (Lipinski definition) is 3. The summed E-state index contributed by atoms with van der Waals surface area (Å²) in [5.41, 5.74) is 1.67. The van der Waals surface area contributed by atoms with E-state index in [1.807, 2.05) is 18.4 Å². The van der Waals surface area contributed by atoms with E-state index < -0.39 is 11.6 Å². The van der Waals surface area contributed by atoms with Crippen molar-refractivity contribution in [2.45, 2.75) is 25.3 Å². The zero-order chi connectivity index (χ0) is 16.4. The van der Waals surface area contributed by atoms with Gasteiger partial charge in [0, 0.05) is 18.5 Å². The molecule has 1 aromatic carbocycles. The summed E-state index contributed by atoms with van der Waals surface area (Å²) in [6.07, 6.45) is 0.763. The maximum Gasteiger partial charge on any atom is 0.261 e. The highest BCUT2D eigenvalue weighted by Crippen LogP contribution is 2.27. The fraction of sp³-hybridized carbons (Fsp3) is 0.353. The van der Waals surface area contributed by atoms with Crippen molar-refractivity contribution in [3.8, 4) is 0 Å². The largest absolute Gasteiger partial charge is 0.347 e. The molecule has 0 bridgehead atoms. The molecule has 3 nitrogen and oxygen atoms in total. The summed E-state index contributed by atoms with van der Waals surface area (Å²) in [5.74, 6) is -1.84. The first kappa shape index (κ1) is 16.1. The van der Waals surface area contributed by atoms with E-state index >= 15 is 0 Å². The van der Waals surface area contributed by atoms with Crippen molar-refractivity contribution in [2.75, 3.05) is 13.1 Å². The molecule has 2 unspecified atom stereocenters. The van der Waals surface area contributed by atoms with Crippen LogP contribution in [0.2, 0.25) is 0 Å². The highest BCUT2D eigenvalue weighted by molar-refractivity contribution is 7.12. The number of piperidine rings is 1. The number of carbonyl (C=O) groups excluding carboxylic acids is 1. The molecule has 122 valence electrons. The van der Waals surface area contributed by atoms with Gasteiger partial charge in [0.25, 0.3) is 5.91 Å². The Morgan fingerprint density at radius 3 is 2.83 bits per heavy atom. The Morgan fingerprint density at radius 1 is 1.30 bits per heavy atom. The molecule has 0 radical (unpaired) electrons. The second kappa shape index (κ2) is 6.76. The molecule has 1 saturated heterocycles. The Kier molecular flexibility index (Phi) is 4.73. The first-order valence-electron chi connectivity index (χ1n) is 7.57. The van der Waals surface area contributed by atoms with Crippen LogP contribution in [0.1, 0.15) is 33.1 Å². The molecular weight excluding hydrogens is 318 g/mol. The Hall–Kier alpha value is -1.79. The molecule has 2 atom stereocenters. The van der Waals surface area contributed by atoms with E-state index in [1.54, 1.807) is 6.07 Å². The van der Waals surface area contributed by atoms with E-state index in [1.165, 1.54) is 17.4 Å². The molecule has 2 N–H and O–H groups in total. The van der Waals surface area contributed by atoms with Gasteiger partial charge >= 0.3 is 0 Å². The van der Waals surface area contributed by atoms with E-state index in [0.717, 1.165) is 30.2 Å². The van der Waals surface area contributed by atoms with Gasteiger partial charge in [-0.15, -0.1) is 11.3 Å². The van der Waals surface area contributed by atoms with Gasteiger partial charge < -0.3 is 10.6 Å². The number of halogens is 2. The van der Waals surface area contributed by atoms with Crippen LogP contribution in [0.15, 0.2) is 29.6 Å². The topological polar surface area (TPSA) is 41.1 Å². The van der Waals surface area contributed by atoms with Gasteiger partial charge in [0.1, 0.15) is 0 Å². The Bertz CT molecular complexity index is 716. The highest BCUT2D eigenvalue weighted by atomic mass is 32.1. The average Bonchev–Trinajstić information content (AvgIpc) is 2.97. The first-order chi connectivity index (χ1) is 11.1. The molecule has 6 heteroatoms. The molecule has 23 heavy (non-hydrogen) atoms. The van der Waals surface area contributed by atoms with Gasteiger partial charge in [-0.2, -0.15) is 0 Å². The molecule has 2 aromatic rings. The zero-order valence-corrected chi connectivity index (χ0v) is 13.6. The summed E-state index contributed by atoms with van der Waals surface area (Å²) in [4.78, 5) is 13.1. The van der Waals surface area contributed by atoms with Crippen molar-refractivity contribution in [2.24, 2.45) is 0 Å². The van der Waals surface area contributed by atoms with Crippen LogP contribution in [0.5, 0.6) is 0 Å². The van der Waals surface area contributed by atoms with Crippen molar-refractivity contribution < 1.29 is 13.6 Å². The number of nitrogens with one attached hydrogen (secondary N) is 2. The Balaban J connectivity index is 1.80. The quantitative estimate of drug-likeness (QED) is 0.904. The second-order valence-electron chi connectivity index (χ2n) is 5.79. The lowest BCUT2D eigenvalue weighted by molar-refractivity contribution is 0.0928. The summed E-state index contributed by atoms with van der Waals surface area (Å²) in [5, 5.41) is 8.17. The van der Waals surface area contributed by atoms with E-state index in [9.17, 15) is 13.6 Å². The zero-order valence-electron chi connectivity index (χ0n) is 12.7. The molecule has 1 aromatic heterocycles. The van der Waals surface area contributed by atoms with Gasteiger partial charge in [-0.05, 0) is 54.6 Å². The van der Waals surface area contributed by atoms with Gasteiger partial charge in [-0.3, -0.25) is 4.79 Å². The van der Waals surface area contributed by atoms with Crippen molar-refractivity contribution in [3.05, 3.63) is 57.3 Å². The van der Waals surface area contributed by atoms with E-state index in [0.29, 0.717) is 11.4 Å². The van der Waals surface area contributed by atoms with Crippen molar-refractivity contribution >= 4 is 17.2 Å². The molecule has 2 heterocycles. The van der Waals surface area contributed by atoms with E-state index in [2.05, 4.69) is 10.6 Å². The standard InChI is InChI=1S/C17H18F2N2OS/c1-10-5-7-23-16(10)17(22)21-15-9-20-6-4-12(15)11-2-3-13(18)14(19)8-11/h2-3,5,7-8,12,15,20H,4,6,9H2,1H3,(H,21,22). The van der Waals surface area contributed by atoms with Crippen LogP contribution in [-0.4, -0.2) is 25.0 Å². The summed E-state index contributed by atoms with van der Waals surface area (Å²) in [6.45, 7) is 3.30. The number of hydrogen-bond donors (Lipinski definition) is 2. The van der Waals surface area contributed by atoms with Gasteiger partial charge in [-0.1, -0.05) is 6.07 Å². The van der Waals surface area contributed by atoms with Gasteiger partial charge in [0.05, 0.1) is 4.88 Å². The van der Waals surface area contributed by atoms with Crippen molar-refractivity contribution in [3.63, 3.8) is 0 Å². The normalized spacial score (nSPS) is 21.2. The lowest BCUT2D eigenvalue weighted by atomic mass is 9.86. The molecule has 0 aliphatic carbocycles. The maximum absolute atomic E-state index is 13.5. The number of amides is 1. The number of aryl methyl sites for hydroxylation is 1. The fourth-order valence-electron chi connectivity index (χ4n) is 2.99. The molecule has 1 amide bonds. The molecular formula is C17H18F2N2OS. The molecule has 1 aliphatic heterocycles. The predicted octanol–water partition coefficient (Wildman–Crippen LogP) is 3.21. The lowest BCUT2D eigenvalue weighted by Crippen LogP contribution is -2.50. The fourth-order valence-corrected chi connectivity index (χ4v) is 3.82. The molecule has 1 aliphatic rings. The molecule has 0 spiro atoms. The smallest absolute Gasteiger partial charge is 0.261 e. The number of carbonyl (C=O) groups is 1. The summed E-state index contributed by atoms with van der Waals surface area (Å²) in [6, 6.07) is 5.74. The van der Waals surface area contributed by atoms with Crippen molar-refractivity contribution in [1.82, 2.24) is 10.6 Å². The second-order valence-corrected chi connectivity index (χ2v) is 6.70. The van der Waals surface area contributed by atoms with Gasteiger partial charge in [-0.25, -0.2) is 8.78 Å². The van der Waals surface area contributed by atoms with Crippen LogP contribution in [0.3, 0.4) is 0 Å². The predicted molar refractivity (Wildman–Crippen MR) is 86.9 cm³/mol. The Labute approximate surface area is 137 Å². The van der Waals surface area contributed by atoms with E-state index in [-0.39, 0.29) is 17.9 Å². The number of rotatable bonds is 3.